The van der Waals surface area contributed by atoms with E-state index in [-0.39, 0.29) is 11.6 Å². The van der Waals surface area contributed by atoms with Crippen molar-refractivity contribution in [2.75, 3.05) is 0 Å². The van der Waals surface area contributed by atoms with Gasteiger partial charge in [0.2, 0.25) is 6.54 Å². The summed E-state index contributed by atoms with van der Waals surface area (Å²) in [5, 5.41) is 8.37. The third-order valence-corrected chi connectivity index (χ3v) is 9.64. The number of hydrogen-bond acceptors (Lipinski definition) is 3. The summed E-state index contributed by atoms with van der Waals surface area (Å²) in [5.41, 5.74) is 11.1. The summed E-state index contributed by atoms with van der Waals surface area (Å²) in [4.78, 5) is 35.2. The number of hydrogen-bond donors (Lipinski definition) is 0. The van der Waals surface area contributed by atoms with Gasteiger partial charge in [-0.3, -0.25) is 9.59 Å². The Morgan fingerprint density at radius 2 is 1.07 bits per heavy atom. The first-order chi connectivity index (χ1) is 26.8. The minimum atomic E-state index is -0.0671. The molecule has 0 atom stereocenters. The van der Waals surface area contributed by atoms with Crippen molar-refractivity contribution in [3.05, 3.63) is 210 Å². The number of carbonyl (C=O) groups excluding carboxylic acids is 2. The quantitative estimate of drug-likeness (QED) is 0.130. The van der Waals surface area contributed by atoms with Crippen molar-refractivity contribution in [2.45, 2.75) is 13.0 Å². The highest BCUT2D eigenvalue weighted by atomic mass is 79.9. The maximum atomic E-state index is 12.7. The molecule has 0 heterocycles. The highest BCUT2D eigenvalue weighted by molar-refractivity contribution is 9.10. The molecule has 6 nitrogen and oxygen atoms in total. The van der Waals surface area contributed by atoms with Crippen LogP contribution >= 0.6 is 15.9 Å². The number of rotatable bonds is 2. The Morgan fingerprint density at radius 1 is 0.582 bits per heavy atom. The van der Waals surface area contributed by atoms with Crippen molar-refractivity contribution in [2.24, 2.45) is 0 Å². The molecule has 0 bridgehead atoms. The van der Waals surface area contributed by atoms with Gasteiger partial charge < -0.3 is 4.85 Å². The van der Waals surface area contributed by atoms with Crippen LogP contribution in [0.5, 0.6) is 0 Å². The van der Waals surface area contributed by atoms with E-state index < -0.39 is 0 Å². The molecule has 0 N–H and O–H groups in total. The van der Waals surface area contributed by atoms with E-state index in [1.807, 2.05) is 84.9 Å². The first-order valence-corrected chi connectivity index (χ1v) is 17.5. The monoisotopic (exact) mass is 768 g/mol. The van der Waals surface area contributed by atoms with E-state index in [1.165, 1.54) is 0 Å². The van der Waals surface area contributed by atoms with Gasteiger partial charge >= 0.3 is 0 Å². The highest BCUT2D eigenvalue weighted by Gasteiger charge is 2.28. The normalized spacial score (nSPS) is 10.6. The summed E-state index contributed by atoms with van der Waals surface area (Å²) in [6.45, 7) is 21.5. The molecule has 256 valence electrons. The molecular weight excluding hydrogens is 744 g/mol. The molecule has 2 aliphatic carbocycles. The molecule has 8 rings (SSSR count). The maximum Gasteiger partial charge on any atom is 0.240 e. The first-order valence-electron chi connectivity index (χ1n) is 16.7. The fourth-order valence-electron chi connectivity index (χ4n) is 6.17. The van der Waals surface area contributed by atoms with Crippen LogP contribution in [-0.2, 0) is 13.0 Å². The number of ketones is 2. The third kappa shape index (κ3) is 7.86. The van der Waals surface area contributed by atoms with Crippen molar-refractivity contribution in [3.8, 4) is 52.5 Å². The number of carbonyl (C=O) groups is 2. The number of halogens is 1. The molecule has 0 aliphatic heterocycles. The van der Waals surface area contributed by atoms with Gasteiger partial charge in [-0.15, -0.1) is 6.42 Å². The lowest BCUT2D eigenvalue weighted by Crippen LogP contribution is -1.95. The Bertz CT molecular complexity index is 2780. The van der Waals surface area contributed by atoms with Crippen molar-refractivity contribution in [1.29, 1.82) is 5.26 Å². The zero-order valence-corrected chi connectivity index (χ0v) is 30.6. The molecule has 0 saturated carbocycles. The zero-order valence-electron chi connectivity index (χ0n) is 29.0. The summed E-state index contributed by atoms with van der Waals surface area (Å²) >= 11 is 3.35. The second-order valence-corrected chi connectivity index (χ2v) is 13.0. The molecule has 6 aromatic rings. The number of benzene rings is 6. The van der Waals surface area contributed by atoms with Crippen molar-refractivity contribution in [3.63, 3.8) is 0 Å². The van der Waals surface area contributed by atoms with Crippen LogP contribution < -0.4 is 0 Å². The Kier molecular flexibility index (Phi) is 11.2. The molecule has 0 aromatic heterocycles. The van der Waals surface area contributed by atoms with Crippen LogP contribution in [0.4, 0.5) is 11.4 Å². The summed E-state index contributed by atoms with van der Waals surface area (Å²) in [6.07, 6.45) is 5.81. The predicted molar refractivity (Wildman–Crippen MR) is 217 cm³/mol. The average molecular weight is 770 g/mol. The van der Waals surface area contributed by atoms with E-state index in [1.54, 1.807) is 36.4 Å². The van der Waals surface area contributed by atoms with Gasteiger partial charge in [-0.25, -0.2) is 16.3 Å². The molecule has 0 radical (unpaired) electrons. The average Bonchev–Trinajstić information content (AvgIpc) is 3.67. The van der Waals surface area contributed by atoms with Crippen LogP contribution in [0, 0.1) is 55.2 Å². The summed E-state index contributed by atoms with van der Waals surface area (Å²) < 4.78 is 1.01. The van der Waals surface area contributed by atoms with Crippen LogP contribution in [0.1, 0.15) is 59.7 Å². The number of nitriles is 1. The predicted octanol–water partition coefficient (Wildman–Crippen LogP) is 11.2. The van der Waals surface area contributed by atoms with Gasteiger partial charge in [0.25, 0.3) is 0 Å². The molecule has 0 saturated heterocycles. The van der Waals surface area contributed by atoms with Gasteiger partial charge in [0, 0.05) is 49.0 Å². The lowest BCUT2D eigenvalue weighted by atomic mass is 10.0. The molecule has 2 aliphatic rings. The van der Waals surface area contributed by atoms with Crippen molar-refractivity contribution >= 4 is 38.9 Å². The van der Waals surface area contributed by atoms with Crippen LogP contribution in [0.2, 0.25) is 0 Å². The van der Waals surface area contributed by atoms with Crippen LogP contribution in [0.3, 0.4) is 0 Å². The topological polar surface area (TPSA) is 71.0 Å². The van der Waals surface area contributed by atoms with Gasteiger partial charge in [0.1, 0.15) is 0 Å². The highest BCUT2D eigenvalue weighted by Crippen LogP contribution is 2.40. The summed E-state index contributed by atoms with van der Waals surface area (Å²) in [5.74, 6) is 8.63. The second-order valence-electron chi connectivity index (χ2n) is 12.2. The fraction of sp³-hybridized carbons (Fsp3) is 0.0417. The summed E-state index contributed by atoms with van der Waals surface area (Å²) in [6, 6.07) is 38.9. The van der Waals surface area contributed by atoms with Gasteiger partial charge in [0.05, 0.1) is 25.6 Å². The Morgan fingerprint density at radius 3 is 1.60 bits per heavy atom. The molecule has 0 spiro atoms. The smallest absolute Gasteiger partial charge is 0.240 e. The lowest BCUT2D eigenvalue weighted by molar-refractivity contribution is 0.103. The molecule has 0 fully saturated rings. The SMILES string of the molecule is N#CCc1ccccc1Br.[C-]#[N+]Cc1ccccc1C#Cc1ccc2c(c1)C(=O)c1cc([N+]#[C-])ccc1-2.[C-]#[N+]c1ccc2c(c1)C(=O)c1cc(C#C)ccc1-2. The van der Waals surface area contributed by atoms with Gasteiger partial charge in [-0.1, -0.05) is 106 Å². The fourth-order valence-corrected chi connectivity index (χ4v) is 6.60. The van der Waals surface area contributed by atoms with E-state index in [4.69, 9.17) is 31.4 Å². The second kappa shape index (κ2) is 16.7. The Hall–Kier alpha value is -7.78. The molecule has 0 unspecified atom stereocenters. The standard InChI is InChI=1S/C24H12N2O.C16H7NO.C8H6BrN/c1-25-15-18-6-4-3-5-17(18)9-7-16-8-11-20-21-12-10-19(26-2)14-23(21)24(27)22(20)13-16;1-3-10-4-6-12-13-7-5-11(17-2)9-15(13)16(18)14(12)8-10;9-8-4-2-1-3-7(8)5-6-10/h3-6,8,10-14H,15H2;1,4-9H;1-4H,5H2. The van der Waals surface area contributed by atoms with E-state index in [2.05, 4.69) is 54.3 Å². The van der Waals surface area contributed by atoms with E-state index >= 15 is 0 Å². The molecule has 0 amide bonds. The van der Waals surface area contributed by atoms with E-state index in [0.29, 0.717) is 52.2 Å². The van der Waals surface area contributed by atoms with Crippen LogP contribution in [0.25, 0.3) is 36.8 Å². The Balaban J connectivity index is 0.000000157. The summed E-state index contributed by atoms with van der Waals surface area (Å²) in [7, 11) is 0. The zero-order chi connectivity index (χ0) is 38.9. The maximum absolute atomic E-state index is 12.7. The lowest BCUT2D eigenvalue weighted by Gasteiger charge is -2.00. The van der Waals surface area contributed by atoms with Gasteiger partial charge in [0.15, 0.2) is 22.9 Å². The van der Waals surface area contributed by atoms with Crippen LogP contribution in [0.15, 0.2) is 126 Å². The third-order valence-electron chi connectivity index (χ3n) is 8.86. The molecule has 7 heteroatoms. The van der Waals surface area contributed by atoms with Crippen molar-refractivity contribution in [1.82, 2.24) is 0 Å². The van der Waals surface area contributed by atoms with Gasteiger partial charge in [-0.2, -0.15) is 5.26 Å². The molecule has 55 heavy (non-hydrogen) atoms. The number of terminal acetylenes is 1. The number of fused-ring (bicyclic) bond motifs is 6. The molecule has 6 aromatic carbocycles. The van der Waals surface area contributed by atoms with E-state index in [9.17, 15) is 9.59 Å². The molecular formula is C48H25BrN4O2. The largest absolute Gasteiger partial charge is 0.312 e. The Labute approximate surface area is 327 Å². The van der Waals surface area contributed by atoms with Gasteiger partial charge in [-0.05, 0) is 76.3 Å². The van der Waals surface area contributed by atoms with Crippen LogP contribution in [-0.4, -0.2) is 11.6 Å². The number of nitrogens with zero attached hydrogens (tertiary/aromatic N) is 4. The first kappa shape index (κ1) is 37.0. The van der Waals surface area contributed by atoms with E-state index in [0.717, 1.165) is 49.0 Å². The minimum Gasteiger partial charge on any atom is -0.312 e. The van der Waals surface area contributed by atoms with Crippen molar-refractivity contribution < 1.29 is 9.59 Å². The minimum absolute atomic E-state index is 0.0531.